The highest BCUT2D eigenvalue weighted by Gasteiger charge is 2.70. The maximum Gasteiger partial charge on any atom is 0.336 e. The predicted octanol–water partition coefficient (Wildman–Crippen LogP) is 10.7. The predicted molar refractivity (Wildman–Crippen MR) is 317 cm³/mol. The smallest absolute Gasteiger partial charge is 0.336 e. The first kappa shape index (κ1) is 57.5. The lowest BCUT2D eigenvalue weighted by molar-refractivity contribution is -0.193. The number of fused-ring (bicyclic) bond motifs is 12. The fourth-order valence-electron chi connectivity index (χ4n) is 18.2. The standard InChI is InChI=1S/C32H40N2O5S.C32H40N2O4S2/c1-30-16-20-18-33-34(22-7-4-6-19(14-22)26(35)8-5-13-40-3)25(20)15-21(30)9-10-23-24-11-12-32(39,29(37)38)31(24,2)17-27(36)28(23)30;1-30-16-20-18-33-34(22-7-4-6-19(14-22)26(35)8-5-13-40-3)25(20)15-21(30)9-10-23-24-11-12-32(38,29(37)39)31(24,2)17-27(36)28(23)30/h4,6-7,14-15,18,23-24,27-28,36,39H,5,8-13,16-17H2,1-3H3,(H,37,38);4,6-7,14-15,18,23-24,27-28,36,38H,5,8-13,16-17H2,1-3H3,(H,37,39)/t2*23-,24-,27-,28+,30-,31-,32-/m00/s1. The van der Waals surface area contributed by atoms with Gasteiger partial charge >= 0.3 is 5.97 Å². The second-order valence-corrected chi connectivity index (χ2v) is 28.4. The molecule has 16 heteroatoms. The molecule has 2 aromatic heterocycles. The highest BCUT2D eigenvalue weighted by molar-refractivity contribution is 7.98. The van der Waals surface area contributed by atoms with E-state index in [1.807, 2.05) is 84.1 Å². The van der Waals surface area contributed by atoms with Crippen LogP contribution in [0, 0.1) is 57.2 Å². The lowest BCUT2D eigenvalue weighted by atomic mass is 9.45. The molecule has 0 aliphatic heterocycles. The second-order valence-electron chi connectivity index (χ2n) is 26.1. The third-order valence-corrected chi connectivity index (χ3v) is 24.0. The zero-order chi connectivity index (χ0) is 56.9. The number of aromatic nitrogens is 4. The van der Waals surface area contributed by atoms with Crippen LogP contribution in [0.4, 0.5) is 0 Å². The van der Waals surface area contributed by atoms with E-state index in [0.717, 1.165) is 109 Å². The van der Waals surface area contributed by atoms with Gasteiger partial charge in [0.15, 0.2) is 17.2 Å². The fourth-order valence-corrected chi connectivity index (χ4v) is 19.4. The summed E-state index contributed by atoms with van der Waals surface area (Å²) in [6.45, 7) is 8.43. The number of carboxylic acid groups (broad SMARTS) is 1. The van der Waals surface area contributed by atoms with Crippen molar-refractivity contribution in [2.24, 2.45) is 57.2 Å². The number of benzene rings is 2. The SMILES string of the molecule is CSCCCC(=O)c1cccc(-n2ncc3c2C=C2CC[C@@H]4[C@H]([C@@H](O)C[C@@]5(C)[C@H]4CC[C@]5(O)C(=O)O)[C@@]2(C)C3)c1.CSCCCC(=O)c1cccc(-n2ncc3c2C=C2CC[C@@H]4[C@H]([C@@H](O)C[C@@]5(C)[C@H]4CC[C@]5(O)C(=O)S)[C@@]2(C)C3)c1. The highest BCUT2D eigenvalue weighted by atomic mass is 32.2. The average Bonchev–Trinajstić information content (AvgIpc) is 4.28. The quantitative estimate of drug-likeness (QED) is 0.0396. The Bertz CT molecular complexity index is 2980. The van der Waals surface area contributed by atoms with Crippen molar-refractivity contribution in [3.05, 3.63) is 106 Å². The molecule has 4 aromatic rings. The van der Waals surface area contributed by atoms with Gasteiger partial charge in [-0.25, -0.2) is 14.2 Å². The summed E-state index contributed by atoms with van der Waals surface area (Å²) in [6, 6.07) is 15.5. The topological polar surface area (TPSA) is 205 Å². The Hall–Kier alpha value is -4.29. The molecule has 0 amide bonds. The van der Waals surface area contributed by atoms with E-state index in [9.17, 15) is 44.7 Å². The van der Waals surface area contributed by atoms with Gasteiger partial charge in [0.05, 0.1) is 47.4 Å². The Morgan fingerprint density at radius 1 is 0.650 bits per heavy atom. The molecule has 14 atom stereocenters. The number of nitrogens with zero attached hydrogens (tertiary/aromatic N) is 4. The minimum atomic E-state index is -1.79. The summed E-state index contributed by atoms with van der Waals surface area (Å²) in [5.41, 5.74) is 4.98. The summed E-state index contributed by atoms with van der Waals surface area (Å²) in [5.74, 6) is 1.82. The van der Waals surface area contributed by atoms with Crippen molar-refractivity contribution in [3.8, 4) is 11.4 Å². The van der Waals surface area contributed by atoms with E-state index in [4.69, 9.17) is 10.2 Å². The largest absolute Gasteiger partial charge is 0.479 e. The van der Waals surface area contributed by atoms with Crippen LogP contribution in [-0.2, 0) is 22.4 Å². The third-order valence-electron chi connectivity index (χ3n) is 22.2. The molecule has 0 spiro atoms. The number of rotatable bonds is 14. The molecule has 6 saturated carbocycles. The molecule has 8 aliphatic rings. The minimum absolute atomic E-state index is 0.000420. The maximum atomic E-state index is 12.8. The van der Waals surface area contributed by atoms with Crippen LogP contribution in [0.1, 0.15) is 161 Å². The number of allylic oxidation sites excluding steroid dienone is 2. The van der Waals surface area contributed by atoms with Crippen molar-refractivity contribution < 1.29 is 44.7 Å². The molecule has 13 nitrogen and oxygen atoms in total. The number of Topliss-reactive ketones (excluding diaryl/α,β-unsaturated/α-hetero) is 2. The van der Waals surface area contributed by atoms with Crippen LogP contribution in [0.2, 0.25) is 0 Å². The number of hydrogen-bond donors (Lipinski definition) is 6. The normalized spacial score (nSPS) is 36.2. The molecule has 8 aliphatic carbocycles. The van der Waals surface area contributed by atoms with Gasteiger partial charge in [-0.05, 0) is 208 Å². The van der Waals surface area contributed by atoms with E-state index in [1.165, 1.54) is 11.1 Å². The number of carbonyl (C=O) groups is 4. The molecule has 2 aromatic carbocycles. The molecule has 6 fully saturated rings. The molecular weight excluding hydrogens is 1060 g/mol. The van der Waals surface area contributed by atoms with Crippen molar-refractivity contribution in [1.82, 2.24) is 19.6 Å². The highest BCUT2D eigenvalue weighted by Crippen LogP contribution is 2.69. The van der Waals surface area contributed by atoms with Crippen LogP contribution in [-0.4, -0.2) is 115 Å². The number of aliphatic hydroxyl groups is 4. The summed E-state index contributed by atoms with van der Waals surface area (Å²) in [4.78, 5) is 50.2. The molecule has 2 heterocycles. The third kappa shape index (κ3) is 9.03. The second kappa shape index (κ2) is 21.4. The zero-order valence-electron chi connectivity index (χ0n) is 47.2. The number of carboxylic acids is 1. The first-order valence-corrected chi connectivity index (χ1v) is 32.4. The van der Waals surface area contributed by atoms with Crippen LogP contribution in [0.5, 0.6) is 0 Å². The Labute approximate surface area is 484 Å². The van der Waals surface area contributed by atoms with Gasteiger partial charge in [-0.1, -0.05) is 63.1 Å². The van der Waals surface area contributed by atoms with Crippen molar-refractivity contribution in [2.45, 2.75) is 154 Å². The lowest BCUT2D eigenvalue weighted by Crippen LogP contribution is -2.61. The number of aliphatic hydroxyl groups excluding tert-OH is 2. The van der Waals surface area contributed by atoms with Crippen LogP contribution in [0.15, 0.2) is 72.1 Å². The van der Waals surface area contributed by atoms with E-state index in [1.54, 1.807) is 23.5 Å². The molecule has 428 valence electrons. The van der Waals surface area contributed by atoms with Gasteiger partial charge in [-0.15, -0.1) is 12.6 Å². The lowest BCUT2D eigenvalue weighted by Gasteiger charge is -2.60. The Morgan fingerprint density at radius 3 is 1.49 bits per heavy atom. The summed E-state index contributed by atoms with van der Waals surface area (Å²) >= 11 is 7.59. The van der Waals surface area contributed by atoms with Gasteiger partial charge in [0.2, 0.25) is 5.12 Å². The van der Waals surface area contributed by atoms with E-state index >= 15 is 0 Å². The monoisotopic (exact) mass is 1140 g/mol. The molecule has 0 bridgehead atoms. The van der Waals surface area contributed by atoms with Gasteiger partial charge in [-0.3, -0.25) is 14.4 Å². The molecule has 80 heavy (non-hydrogen) atoms. The van der Waals surface area contributed by atoms with Crippen LogP contribution >= 0.6 is 36.2 Å². The van der Waals surface area contributed by atoms with Crippen molar-refractivity contribution >= 4 is 71.0 Å². The van der Waals surface area contributed by atoms with E-state index < -0.39 is 45.3 Å². The summed E-state index contributed by atoms with van der Waals surface area (Å²) in [6.07, 6.45) is 22.0. The van der Waals surface area contributed by atoms with E-state index in [2.05, 4.69) is 51.1 Å². The van der Waals surface area contributed by atoms with Crippen molar-refractivity contribution in [2.75, 3.05) is 24.0 Å². The molecule has 0 saturated heterocycles. The van der Waals surface area contributed by atoms with Gasteiger partial charge in [0.1, 0.15) is 5.60 Å². The zero-order valence-corrected chi connectivity index (χ0v) is 49.7. The van der Waals surface area contributed by atoms with Crippen LogP contribution in [0.25, 0.3) is 23.5 Å². The van der Waals surface area contributed by atoms with E-state index in [0.29, 0.717) is 44.1 Å². The van der Waals surface area contributed by atoms with Gasteiger partial charge in [0, 0.05) is 34.8 Å². The summed E-state index contributed by atoms with van der Waals surface area (Å²) in [5, 5.41) is 64.9. The van der Waals surface area contributed by atoms with Crippen molar-refractivity contribution in [1.29, 1.82) is 0 Å². The number of carbonyl (C=O) groups excluding carboxylic acids is 3. The summed E-state index contributed by atoms with van der Waals surface area (Å²) < 4.78 is 3.89. The number of ketones is 2. The van der Waals surface area contributed by atoms with Crippen LogP contribution in [0.3, 0.4) is 0 Å². The number of hydrogen-bond acceptors (Lipinski definition) is 12. The van der Waals surface area contributed by atoms with E-state index in [-0.39, 0.29) is 64.3 Å². The number of thiol groups is 1. The van der Waals surface area contributed by atoms with Gasteiger partial charge < -0.3 is 25.5 Å². The Balaban J connectivity index is 0.000000169. The molecule has 5 N–H and O–H groups in total. The van der Waals surface area contributed by atoms with Gasteiger partial charge in [0.25, 0.3) is 0 Å². The molecule has 0 radical (unpaired) electrons. The first-order chi connectivity index (χ1) is 38.1. The fraction of sp³-hybridized carbons (Fsp3) is 0.594. The number of thioether (sulfide) groups is 2. The molecule has 12 rings (SSSR count). The maximum absolute atomic E-state index is 12.8. The Kier molecular flexibility index (Phi) is 15.4. The van der Waals surface area contributed by atoms with Gasteiger partial charge in [-0.2, -0.15) is 33.7 Å². The Morgan fingerprint density at radius 2 is 1.07 bits per heavy atom. The van der Waals surface area contributed by atoms with Crippen molar-refractivity contribution in [3.63, 3.8) is 0 Å². The minimum Gasteiger partial charge on any atom is -0.479 e. The first-order valence-electron chi connectivity index (χ1n) is 29.2. The average molecular weight is 1150 g/mol. The number of aliphatic carboxylic acids is 1. The summed E-state index contributed by atoms with van der Waals surface area (Å²) in [7, 11) is 0. The molecular formula is C64H80N4O9S3. The molecule has 0 unspecified atom stereocenters. The van der Waals surface area contributed by atoms with Crippen LogP contribution < -0.4 is 0 Å².